The number of alkyl halides is 2. The minimum absolute atomic E-state index is 0.00926. The summed E-state index contributed by atoms with van der Waals surface area (Å²) >= 11 is 5.82. The summed E-state index contributed by atoms with van der Waals surface area (Å²) in [5, 5.41) is 4.08. The maximum atomic E-state index is 14.2. The van der Waals surface area contributed by atoms with Crippen molar-refractivity contribution in [1.29, 1.82) is 0 Å². The zero-order valence-corrected chi connectivity index (χ0v) is 14.1. The van der Waals surface area contributed by atoms with Crippen LogP contribution in [0, 0.1) is 5.82 Å². The van der Waals surface area contributed by atoms with E-state index in [2.05, 4.69) is 10.1 Å². The number of halogens is 4. The quantitative estimate of drug-likeness (QED) is 0.700. The average molecular weight is 381 g/mol. The summed E-state index contributed by atoms with van der Waals surface area (Å²) in [7, 11) is 0. The molecule has 0 N–H and O–H groups in total. The second-order valence-corrected chi connectivity index (χ2v) is 6.54. The van der Waals surface area contributed by atoms with Crippen molar-refractivity contribution >= 4 is 28.5 Å². The van der Waals surface area contributed by atoms with E-state index >= 15 is 0 Å². The lowest BCUT2D eigenvalue weighted by atomic mass is 10.1. The van der Waals surface area contributed by atoms with E-state index in [-0.39, 0.29) is 17.1 Å². The van der Waals surface area contributed by atoms with Crippen molar-refractivity contribution in [3.8, 4) is 11.1 Å². The van der Waals surface area contributed by atoms with Crippen molar-refractivity contribution in [3.05, 3.63) is 47.5 Å². The third-order valence-corrected chi connectivity index (χ3v) is 4.53. The van der Waals surface area contributed by atoms with Crippen molar-refractivity contribution in [3.63, 3.8) is 0 Å². The van der Waals surface area contributed by atoms with Crippen LogP contribution in [0.5, 0.6) is 0 Å². The summed E-state index contributed by atoms with van der Waals surface area (Å²) in [4.78, 5) is 17.4. The van der Waals surface area contributed by atoms with E-state index in [4.69, 9.17) is 11.6 Å². The predicted molar refractivity (Wildman–Crippen MR) is 89.5 cm³/mol. The zero-order chi connectivity index (χ0) is 18.5. The Hall–Kier alpha value is -2.61. The van der Waals surface area contributed by atoms with Gasteiger partial charge in [-0.2, -0.15) is 5.10 Å². The standard InChI is InChI=1S/C17H12ClF3N4O/c18-12-3-1-2-11(16(12)19)10-4-14-13(22-5-10)6-23-25(14)7-15(26)24-8-17(20,21)9-24/h1-6H,7-9H2. The minimum atomic E-state index is -2.82. The molecule has 1 fully saturated rings. The van der Waals surface area contributed by atoms with Crippen molar-refractivity contribution in [1.82, 2.24) is 19.7 Å². The lowest BCUT2D eigenvalue weighted by Crippen LogP contribution is -2.59. The Balaban J connectivity index is 1.65. The highest BCUT2D eigenvalue weighted by atomic mass is 35.5. The van der Waals surface area contributed by atoms with Crippen molar-refractivity contribution in [2.75, 3.05) is 13.1 Å². The molecule has 1 aliphatic rings. The lowest BCUT2D eigenvalue weighted by molar-refractivity contribution is -0.166. The van der Waals surface area contributed by atoms with Crippen LogP contribution in [0.2, 0.25) is 5.02 Å². The van der Waals surface area contributed by atoms with Crippen LogP contribution in [0.4, 0.5) is 13.2 Å². The van der Waals surface area contributed by atoms with Crippen LogP contribution in [0.15, 0.2) is 36.7 Å². The van der Waals surface area contributed by atoms with Gasteiger partial charge in [0.05, 0.1) is 29.8 Å². The van der Waals surface area contributed by atoms with Crippen LogP contribution in [0.1, 0.15) is 0 Å². The number of carbonyl (C=O) groups is 1. The molecule has 134 valence electrons. The predicted octanol–water partition coefficient (Wildman–Crippen LogP) is 3.37. The molecule has 0 bridgehead atoms. The molecule has 1 aliphatic heterocycles. The van der Waals surface area contributed by atoms with Gasteiger partial charge in [0, 0.05) is 17.3 Å². The molecule has 1 amide bonds. The number of nitrogens with zero attached hydrogens (tertiary/aromatic N) is 4. The van der Waals surface area contributed by atoms with Gasteiger partial charge >= 0.3 is 0 Å². The molecule has 1 aromatic carbocycles. The van der Waals surface area contributed by atoms with Crippen LogP contribution in [0.3, 0.4) is 0 Å². The van der Waals surface area contributed by atoms with Gasteiger partial charge in [0.2, 0.25) is 5.91 Å². The van der Waals surface area contributed by atoms with E-state index < -0.39 is 30.7 Å². The first kappa shape index (κ1) is 16.8. The Bertz CT molecular complexity index is 1010. The molecule has 0 atom stereocenters. The van der Waals surface area contributed by atoms with E-state index in [0.29, 0.717) is 16.6 Å². The maximum absolute atomic E-state index is 14.2. The molecule has 0 spiro atoms. The highest BCUT2D eigenvalue weighted by molar-refractivity contribution is 6.31. The monoisotopic (exact) mass is 380 g/mol. The fourth-order valence-corrected chi connectivity index (χ4v) is 3.05. The van der Waals surface area contributed by atoms with E-state index in [1.165, 1.54) is 23.1 Å². The van der Waals surface area contributed by atoms with Crippen LogP contribution in [-0.4, -0.2) is 44.6 Å². The second-order valence-electron chi connectivity index (χ2n) is 6.14. The fourth-order valence-electron chi connectivity index (χ4n) is 2.87. The number of pyridine rings is 1. The molecule has 1 saturated heterocycles. The van der Waals surface area contributed by atoms with Gasteiger partial charge in [-0.25, -0.2) is 13.2 Å². The maximum Gasteiger partial charge on any atom is 0.282 e. The van der Waals surface area contributed by atoms with E-state index in [0.717, 1.165) is 4.90 Å². The third kappa shape index (κ3) is 2.90. The summed E-state index contributed by atoms with van der Waals surface area (Å²) in [5.41, 5.74) is 1.76. The van der Waals surface area contributed by atoms with Crippen LogP contribution < -0.4 is 0 Å². The van der Waals surface area contributed by atoms with Gasteiger partial charge in [0.25, 0.3) is 5.92 Å². The lowest BCUT2D eigenvalue weighted by Gasteiger charge is -2.38. The molecule has 0 unspecified atom stereocenters. The van der Waals surface area contributed by atoms with Gasteiger partial charge in [-0.15, -0.1) is 0 Å². The molecule has 0 aliphatic carbocycles. The minimum Gasteiger partial charge on any atom is -0.329 e. The van der Waals surface area contributed by atoms with Gasteiger partial charge in [-0.05, 0) is 12.1 Å². The Morgan fingerprint density at radius 1 is 1.27 bits per heavy atom. The van der Waals surface area contributed by atoms with Gasteiger partial charge in [-0.3, -0.25) is 14.5 Å². The number of hydrogen-bond acceptors (Lipinski definition) is 3. The number of likely N-dealkylation sites (tertiary alicyclic amines) is 1. The van der Waals surface area contributed by atoms with Gasteiger partial charge in [-0.1, -0.05) is 23.7 Å². The summed E-state index contributed by atoms with van der Waals surface area (Å²) in [6.07, 6.45) is 2.95. The summed E-state index contributed by atoms with van der Waals surface area (Å²) < 4.78 is 41.4. The summed E-state index contributed by atoms with van der Waals surface area (Å²) in [6, 6.07) is 6.27. The first-order valence-electron chi connectivity index (χ1n) is 7.76. The second kappa shape index (κ2) is 5.98. The van der Waals surface area contributed by atoms with E-state index in [9.17, 15) is 18.0 Å². The van der Waals surface area contributed by atoms with Crippen LogP contribution in [-0.2, 0) is 11.3 Å². The molecule has 2 aromatic heterocycles. The highest BCUT2D eigenvalue weighted by Crippen LogP contribution is 2.29. The third-order valence-electron chi connectivity index (χ3n) is 4.24. The zero-order valence-electron chi connectivity index (χ0n) is 13.3. The van der Waals surface area contributed by atoms with E-state index in [1.807, 2.05) is 0 Å². The number of rotatable bonds is 3. The normalized spacial score (nSPS) is 15.9. The molecule has 3 aromatic rings. The van der Waals surface area contributed by atoms with Gasteiger partial charge in [0.1, 0.15) is 17.9 Å². The number of amides is 1. The molecule has 5 nitrogen and oxygen atoms in total. The molecule has 9 heteroatoms. The van der Waals surface area contributed by atoms with Gasteiger partial charge in [0.15, 0.2) is 0 Å². The highest BCUT2D eigenvalue weighted by Gasteiger charge is 2.46. The van der Waals surface area contributed by atoms with Crippen LogP contribution in [0.25, 0.3) is 22.2 Å². The largest absolute Gasteiger partial charge is 0.329 e. The Morgan fingerprint density at radius 2 is 2.04 bits per heavy atom. The van der Waals surface area contributed by atoms with E-state index in [1.54, 1.807) is 18.2 Å². The smallest absolute Gasteiger partial charge is 0.282 e. The van der Waals surface area contributed by atoms with Crippen LogP contribution >= 0.6 is 11.6 Å². The first-order valence-corrected chi connectivity index (χ1v) is 8.13. The molecular formula is C17H12ClF3N4O. The Labute approximate surface area is 151 Å². The Morgan fingerprint density at radius 3 is 2.77 bits per heavy atom. The molecule has 0 saturated carbocycles. The number of aromatic nitrogens is 3. The molecular weight excluding hydrogens is 369 g/mol. The van der Waals surface area contributed by atoms with Gasteiger partial charge < -0.3 is 4.90 Å². The Kier molecular flexibility index (Phi) is 3.87. The van der Waals surface area contributed by atoms with Crippen molar-refractivity contribution in [2.45, 2.75) is 12.5 Å². The van der Waals surface area contributed by atoms with Crippen molar-refractivity contribution < 1.29 is 18.0 Å². The number of fused-ring (bicyclic) bond motifs is 1. The fraction of sp³-hybridized carbons (Fsp3) is 0.235. The molecule has 3 heterocycles. The molecule has 4 rings (SSSR count). The number of hydrogen-bond donors (Lipinski definition) is 0. The SMILES string of the molecule is O=C(Cn1ncc2ncc(-c3cccc(Cl)c3F)cc21)N1CC(F)(F)C1. The summed E-state index contributed by atoms with van der Waals surface area (Å²) in [6.45, 7) is -1.35. The van der Waals surface area contributed by atoms with Crippen molar-refractivity contribution in [2.24, 2.45) is 0 Å². The number of carbonyl (C=O) groups excluding carboxylic acids is 1. The average Bonchev–Trinajstić information content (AvgIpc) is 2.97. The summed E-state index contributed by atoms with van der Waals surface area (Å²) in [5.74, 6) is -3.85. The molecule has 26 heavy (non-hydrogen) atoms. The number of benzene rings is 1. The molecule has 0 radical (unpaired) electrons. The first-order chi connectivity index (χ1) is 12.3. The topological polar surface area (TPSA) is 51.0 Å².